The Morgan fingerprint density at radius 2 is 1.80 bits per heavy atom. The number of nitrogens with zero attached hydrogens (tertiary/aromatic N) is 2. The van der Waals surface area contributed by atoms with Gasteiger partial charge in [-0.3, -0.25) is 14.6 Å². The number of rotatable bonds is 4. The molecule has 1 aromatic heterocycles. The van der Waals surface area contributed by atoms with E-state index in [4.69, 9.17) is 23.2 Å². The van der Waals surface area contributed by atoms with Gasteiger partial charge in [0.25, 0.3) is 11.8 Å². The summed E-state index contributed by atoms with van der Waals surface area (Å²) in [6.07, 6.45) is 2.27. The highest BCUT2D eigenvalue weighted by atomic mass is 35.5. The van der Waals surface area contributed by atoms with Crippen LogP contribution in [0.15, 0.2) is 60.8 Å². The van der Waals surface area contributed by atoms with E-state index in [1.54, 1.807) is 41.3 Å². The molecule has 5 nitrogen and oxygen atoms in total. The zero-order valence-corrected chi connectivity index (χ0v) is 17.7. The van der Waals surface area contributed by atoms with Crippen molar-refractivity contribution in [1.29, 1.82) is 0 Å². The van der Waals surface area contributed by atoms with E-state index in [2.05, 4.69) is 10.3 Å². The number of anilines is 1. The Morgan fingerprint density at radius 1 is 1.03 bits per heavy atom. The topological polar surface area (TPSA) is 62.3 Å². The third-order valence-electron chi connectivity index (χ3n) is 5.14. The van der Waals surface area contributed by atoms with Crippen molar-refractivity contribution in [2.75, 3.05) is 11.4 Å². The summed E-state index contributed by atoms with van der Waals surface area (Å²) >= 11 is 11.9. The minimum absolute atomic E-state index is 0.163. The molecular formula is C23H19Cl2N3O2. The average molecular weight is 440 g/mol. The standard InChI is InChI=1S/C23H19Cl2N3O2/c1-14(27-22(29)15-2-5-18(24)6-3-15)16-4-7-21-17(12-16)9-11-28(21)23(30)20-13-19(25)8-10-26-20/h2-8,10,12-14H,9,11H2,1H3,(H,27,29). The zero-order chi connectivity index (χ0) is 21.3. The fourth-order valence-corrected chi connectivity index (χ4v) is 3.81. The molecule has 1 aliphatic rings. The molecule has 0 saturated carbocycles. The molecule has 152 valence electrons. The van der Waals surface area contributed by atoms with Crippen molar-refractivity contribution in [2.24, 2.45) is 0 Å². The monoisotopic (exact) mass is 439 g/mol. The Kier molecular flexibility index (Phi) is 5.75. The van der Waals surface area contributed by atoms with Crippen molar-refractivity contribution in [1.82, 2.24) is 10.3 Å². The van der Waals surface area contributed by atoms with Gasteiger partial charge in [-0.15, -0.1) is 0 Å². The second-order valence-corrected chi connectivity index (χ2v) is 8.03. The van der Waals surface area contributed by atoms with Gasteiger partial charge in [0.1, 0.15) is 5.69 Å². The van der Waals surface area contributed by atoms with E-state index in [0.29, 0.717) is 27.8 Å². The van der Waals surface area contributed by atoms with Crippen LogP contribution in [-0.2, 0) is 6.42 Å². The van der Waals surface area contributed by atoms with Crippen LogP contribution in [0, 0.1) is 0 Å². The maximum absolute atomic E-state index is 12.8. The largest absolute Gasteiger partial charge is 0.346 e. The third kappa shape index (κ3) is 4.18. The van der Waals surface area contributed by atoms with E-state index >= 15 is 0 Å². The lowest BCUT2D eigenvalue weighted by molar-refractivity contribution is 0.0938. The summed E-state index contributed by atoms with van der Waals surface area (Å²) in [4.78, 5) is 31.2. The van der Waals surface area contributed by atoms with Crippen LogP contribution >= 0.6 is 23.2 Å². The van der Waals surface area contributed by atoms with Crippen molar-refractivity contribution in [3.63, 3.8) is 0 Å². The molecule has 2 amide bonds. The summed E-state index contributed by atoms with van der Waals surface area (Å²) in [6.45, 7) is 2.51. The summed E-state index contributed by atoms with van der Waals surface area (Å²) in [5, 5.41) is 4.07. The summed E-state index contributed by atoms with van der Waals surface area (Å²) in [6, 6.07) is 15.7. The molecule has 0 radical (unpaired) electrons. The molecule has 1 atom stereocenters. The van der Waals surface area contributed by atoms with Crippen LogP contribution < -0.4 is 10.2 Å². The second kappa shape index (κ2) is 8.46. The van der Waals surface area contributed by atoms with Crippen molar-refractivity contribution in [3.8, 4) is 0 Å². The lowest BCUT2D eigenvalue weighted by atomic mass is 10.0. The first-order valence-corrected chi connectivity index (χ1v) is 10.3. The molecular weight excluding hydrogens is 421 g/mol. The first kappa shape index (κ1) is 20.4. The number of halogens is 2. The molecule has 0 spiro atoms. The van der Waals surface area contributed by atoms with Gasteiger partial charge in [-0.1, -0.05) is 35.3 Å². The predicted octanol–water partition coefficient (Wildman–Crippen LogP) is 5.08. The number of carbonyl (C=O) groups excluding carboxylic acids is 2. The van der Waals surface area contributed by atoms with Crippen LogP contribution in [0.3, 0.4) is 0 Å². The SMILES string of the molecule is CC(NC(=O)c1ccc(Cl)cc1)c1ccc2c(c1)CCN2C(=O)c1cc(Cl)ccn1. The summed E-state index contributed by atoms with van der Waals surface area (Å²) in [5.74, 6) is -0.336. The lowest BCUT2D eigenvalue weighted by Gasteiger charge is -2.19. The second-order valence-electron chi connectivity index (χ2n) is 7.16. The molecule has 1 N–H and O–H groups in total. The molecule has 1 unspecified atom stereocenters. The van der Waals surface area contributed by atoms with Crippen molar-refractivity contribution >= 4 is 40.7 Å². The quantitative estimate of drug-likeness (QED) is 0.616. The van der Waals surface area contributed by atoms with E-state index < -0.39 is 0 Å². The summed E-state index contributed by atoms with van der Waals surface area (Å²) in [7, 11) is 0. The van der Waals surface area contributed by atoms with E-state index in [9.17, 15) is 9.59 Å². The fourth-order valence-electron chi connectivity index (χ4n) is 3.53. The molecule has 0 fully saturated rings. The molecule has 2 heterocycles. The summed E-state index contributed by atoms with van der Waals surface area (Å²) < 4.78 is 0. The molecule has 0 bridgehead atoms. The maximum Gasteiger partial charge on any atom is 0.276 e. The van der Waals surface area contributed by atoms with Crippen LogP contribution in [0.25, 0.3) is 0 Å². The third-order valence-corrected chi connectivity index (χ3v) is 5.63. The van der Waals surface area contributed by atoms with Gasteiger partial charge >= 0.3 is 0 Å². The highest BCUT2D eigenvalue weighted by molar-refractivity contribution is 6.31. The molecule has 0 saturated heterocycles. The van der Waals surface area contributed by atoms with E-state index in [1.807, 2.05) is 25.1 Å². The number of pyridine rings is 1. The van der Waals surface area contributed by atoms with Crippen LogP contribution in [-0.4, -0.2) is 23.3 Å². The van der Waals surface area contributed by atoms with Gasteiger partial charge in [0.15, 0.2) is 0 Å². The predicted molar refractivity (Wildman–Crippen MR) is 118 cm³/mol. The van der Waals surface area contributed by atoms with Crippen molar-refractivity contribution in [2.45, 2.75) is 19.4 Å². The minimum atomic E-state index is -0.183. The number of fused-ring (bicyclic) bond motifs is 1. The fraction of sp³-hybridized carbons (Fsp3) is 0.174. The van der Waals surface area contributed by atoms with Gasteiger partial charge in [0.2, 0.25) is 0 Å². The number of benzene rings is 2. The molecule has 30 heavy (non-hydrogen) atoms. The molecule has 7 heteroatoms. The Morgan fingerprint density at radius 3 is 2.53 bits per heavy atom. The number of carbonyl (C=O) groups is 2. The minimum Gasteiger partial charge on any atom is -0.346 e. The Bertz CT molecular complexity index is 1120. The van der Waals surface area contributed by atoms with Crippen molar-refractivity contribution < 1.29 is 9.59 Å². The number of hydrogen-bond acceptors (Lipinski definition) is 3. The number of amides is 2. The van der Waals surface area contributed by atoms with E-state index in [1.165, 1.54) is 6.20 Å². The number of nitrogens with one attached hydrogen (secondary N) is 1. The van der Waals surface area contributed by atoms with Crippen LogP contribution in [0.1, 0.15) is 44.9 Å². The molecule has 1 aliphatic heterocycles. The van der Waals surface area contributed by atoms with Gasteiger partial charge in [0, 0.05) is 34.0 Å². The lowest BCUT2D eigenvalue weighted by Crippen LogP contribution is -2.29. The van der Waals surface area contributed by atoms with Crippen LogP contribution in [0.4, 0.5) is 5.69 Å². The average Bonchev–Trinajstić information content (AvgIpc) is 3.16. The normalized spacial score (nSPS) is 13.6. The smallest absolute Gasteiger partial charge is 0.276 e. The molecule has 0 aliphatic carbocycles. The summed E-state index contributed by atoms with van der Waals surface area (Å²) in [5.41, 5.74) is 3.78. The van der Waals surface area contributed by atoms with Crippen LogP contribution in [0.5, 0.6) is 0 Å². The molecule has 2 aromatic carbocycles. The van der Waals surface area contributed by atoms with E-state index in [-0.39, 0.29) is 17.9 Å². The first-order chi connectivity index (χ1) is 14.4. The molecule has 3 aromatic rings. The Balaban J connectivity index is 1.50. The maximum atomic E-state index is 12.8. The molecule has 4 rings (SSSR count). The van der Waals surface area contributed by atoms with Gasteiger partial charge in [-0.25, -0.2) is 0 Å². The van der Waals surface area contributed by atoms with Crippen LogP contribution in [0.2, 0.25) is 10.0 Å². The Labute approximate surface area is 184 Å². The highest BCUT2D eigenvalue weighted by Gasteiger charge is 2.27. The number of hydrogen-bond donors (Lipinski definition) is 1. The highest BCUT2D eigenvalue weighted by Crippen LogP contribution is 2.31. The van der Waals surface area contributed by atoms with Gasteiger partial charge < -0.3 is 10.2 Å². The van der Waals surface area contributed by atoms with Gasteiger partial charge in [0.05, 0.1) is 6.04 Å². The van der Waals surface area contributed by atoms with Gasteiger partial charge in [-0.2, -0.15) is 0 Å². The van der Waals surface area contributed by atoms with E-state index in [0.717, 1.165) is 23.2 Å². The Hall–Kier alpha value is -2.89. The van der Waals surface area contributed by atoms with Gasteiger partial charge in [-0.05, 0) is 66.9 Å². The van der Waals surface area contributed by atoms with Crippen molar-refractivity contribution in [3.05, 3.63) is 93.2 Å². The number of aromatic nitrogens is 1. The zero-order valence-electron chi connectivity index (χ0n) is 16.2. The first-order valence-electron chi connectivity index (χ1n) is 9.55.